The molecule has 0 aliphatic carbocycles. The van der Waals surface area contributed by atoms with Crippen LogP contribution in [-0.2, 0) is 17.6 Å². The lowest BCUT2D eigenvalue weighted by molar-refractivity contribution is -0.384. The second-order valence-electron chi connectivity index (χ2n) is 5.13. The van der Waals surface area contributed by atoms with Crippen LogP contribution in [0.15, 0.2) is 23.6 Å². The van der Waals surface area contributed by atoms with Crippen molar-refractivity contribution in [3.05, 3.63) is 50.0 Å². The van der Waals surface area contributed by atoms with E-state index < -0.39 is 4.92 Å². The van der Waals surface area contributed by atoms with E-state index in [1.54, 1.807) is 19.1 Å². The van der Waals surface area contributed by atoms with E-state index in [0.717, 1.165) is 23.4 Å². The number of carbonyl (C=O) groups excluding carboxylic acids is 1. The number of nitro groups is 1. The van der Waals surface area contributed by atoms with Gasteiger partial charge in [-0.05, 0) is 31.5 Å². The van der Waals surface area contributed by atoms with Crippen LogP contribution in [0.25, 0.3) is 0 Å². The van der Waals surface area contributed by atoms with E-state index in [2.05, 4.69) is 10.3 Å². The van der Waals surface area contributed by atoms with Crippen LogP contribution >= 0.6 is 11.3 Å². The normalized spacial score (nSPS) is 10.5. The average Bonchev–Trinajstić information content (AvgIpc) is 2.94. The summed E-state index contributed by atoms with van der Waals surface area (Å²) in [4.78, 5) is 27.0. The Hall–Kier alpha value is -2.32. The summed E-state index contributed by atoms with van der Waals surface area (Å²) in [7, 11) is 0. The molecule has 0 bridgehead atoms. The molecule has 2 rings (SSSR count). The van der Waals surface area contributed by atoms with E-state index in [4.69, 9.17) is 5.73 Å². The summed E-state index contributed by atoms with van der Waals surface area (Å²) in [5, 5.41) is 16.4. The fourth-order valence-electron chi connectivity index (χ4n) is 2.06. The molecule has 0 spiro atoms. The number of nitrogens with zero attached hydrogens (tertiary/aromatic N) is 2. The molecular formula is C15H18N4O3S. The zero-order valence-corrected chi connectivity index (χ0v) is 13.6. The van der Waals surface area contributed by atoms with E-state index in [1.165, 1.54) is 17.4 Å². The maximum Gasteiger partial charge on any atom is 0.293 e. The van der Waals surface area contributed by atoms with Gasteiger partial charge in [0, 0.05) is 17.9 Å². The predicted molar refractivity (Wildman–Crippen MR) is 89.7 cm³/mol. The minimum absolute atomic E-state index is 0.0875. The summed E-state index contributed by atoms with van der Waals surface area (Å²) < 4.78 is 0. The van der Waals surface area contributed by atoms with E-state index in [0.29, 0.717) is 12.2 Å². The number of rotatable bonds is 7. The third-order valence-electron chi connectivity index (χ3n) is 3.16. The second kappa shape index (κ2) is 7.80. The SMILES string of the molecule is Cc1ccc(NC(=O)Cc2csc(CCCN)n2)c([N+](=O)[O-])c1. The summed E-state index contributed by atoms with van der Waals surface area (Å²) in [5.74, 6) is -0.326. The van der Waals surface area contributed by atoms with Gasteiger partial charge in [0.2, 0.25) is 5.91 Å². The fourth-order valence-corrected chi connectivity index (χ4v) is 2.90. The topological polar surface area (TPSA) is 111 Å². The zero-order valence-electron chi connectivity index (χ0n) is 12.7. The lowest BCUT2D eigenvalue weighted by atomic mass is 10.2. The van der Waals surface area contributed by atoms with Crippen molar-refractivity contribution in [3.63, 3.8) is 0 Å². The van der Waals surface area contributed by atoms with Crippen molar-refractivity contribution in [2.24, 2.45) is 5.73 Å². The minimum Gasteiger partial charge on any atom is -0.330 e. The van der Waals surface area contributed by atoms with Crippen LogP contribution in [0.3, 0.4) is 0 Å². The summed E-state index contributed by atoms with van der Waals surface area (Å²) in [5.41, 5.74) is 6.97. The number of anilines is 1. The van der Waals surface area contributed by atoms with Gasteiger partial charge in [-0.2, -0.15) is 0 Å². The Labute approximate surface area is 137 Å². The molecule has 2 aromatic rings. The summed E-state index contributed by atoms with van der Waals surface area (Å²) in [6, 6.07) is 4.69. The van der Waals surface area contributed by atoms with Gasteiger partial charge in [0.1, 0.15) is 5.69 Å². The van der Waals surface area contributed by atoms with Gasteiger partial charge in [-0.1, -0.05) is 6.07 Å². The number of nitro benzene ring substituents is 1. The number of nitrogens with one attached hydrogen (secondary N) is 1. The summed E-state index contributed by atoms with van der Waals surface area (Å²) >= 11 is 1.49. The molecule has 1 amide bonds. The lowest BCUT2D eigenvalue weighted by Crippen LogP contribution is -2.15. The molecule has 0 atom stereocenters. The standard InChI is InChI=1S/C15H18N4O3S/c1-10-4-5-12(13(7-10)19(21)22)18-14(20)8-11-9-23-15(17-11)3-2-6-16/h4-5,7,9H,2-3,6,8,16H2,1H3,(H,18,20). The minimum atomic E-state index is -0.504. The monoisotopic (exact) mass is 334 g/mol. The van der Waals surface area contributed by atoms with Gasteiger partial charge in [0.25, 0.3) is 5.69 Å². The summed E-state index contributed by atoms with van der Waals surface area (Å²) in [6.45, 7) is 2.36. The van der Waals surface area contributed by atoms with Gasteiger partial charge in [-0.15, -0.1) is 11.3 Å². The largest absolute Gasteiger partial charge is 0.330 e. The molecular weight excluding hydrogens is 316 g/mol. The first-order valence-electron chi connectivity index (χ1n) is 7.18. The van der Waals surface area contributed by atoms with Crippen LogP contribution in [0.2, 0.25) is 0 Å². The number of hydrogen-bond acceptors (Lipinski definition) is 6. The number of benzene rings is 1. The van der Waals surface area contributed by atoms with Crippen molar-refractivity contribution < 1.29 is 9.72 Å². The molecule has 1 aromatic carbocycles. The van der Waals surface area contributed by atoms with Crippen LogP contribution in [0.1, 0.15) is 22.7 Å². The van der Waals surface area contributed by atoms with Crippen LogP contribution in [0.4, 0.5) is 11.4 Å². The highest BCUT2D eigenvalue weighted by molar-refractivity contribution is 7.09. The number of aryl methyl sites for hydroxylation is 2. The maximum absolute atomic E-state index is 12.1. The van der Waals surface area contributed by atoms with Gasteiger partial charge in [-0.25, -0.2) is 4.98 Å². The Morgan fingerprint density at radius 2 is 2.26 bits per heavy atom. The Balaban J connectivity index is 2.02. The number of aromatic nitrogens is 1. The van der Waals surface area contributed by atoms with Crippen molar-refractivity contribution in [1.29, 1.82) is 0 Å². The molecule has 0 unspecified atom stereocenters. The van der Waals surface area contributed by atoms with Crippen LogP contribution in [0.5, 0.6) is 0 Å². The lowest BCUT2D eigenvalue weighted by Gasteiger charge is -2.05. The molecule has 23 heavy (non-hydrogen) atoms. The number of amides is 1. The Bertz CT molecular complexity index is 714. The van der Waals surface area contributed by atoms with Crippen molar-refractivity contribution in [2.45, 2.75) is 26.2 Å². The van der Waals surface area contributed by atoms with E-state index in [1.807, 2.05) is 5.38 Å². The van der Waals surface area contributed by atoms with E-state index in [-0.39, 0.29) is 23.7 Å². The Morgan fingerprint density at radius 3 is 2.96 bits per heavy atom. The van der Waals surface area contributed by atoms with E-state index >= 15 is 0 Å². The molecule has 0 saturated carbocycles. The third kappa shape index (κ3) is 4.83. The van der Waals surface area contributed by atoms with Crippen LogP contribution in [0, 0.1) is 17.0 Å². The number of thiazole rings is 1. The third-order valence-corrected chi connectivity index (χ3v) is 4.12. The molecule has 122 valence electrons. The number of hydrogen-bond donors (Lipinski definition) is 2. The quantitative estimate of drug-likeness (QED) is 0.596. The van der Waals surface area contributed by atoms with Crippen molar-refractivity contribution >= 4 is 28.6 Å². The Morgan fingerprint density at radius 1 is 1.48 bits per heavy atom. The second-order valence-corrected chi connectivity index (χ2v) is 6.07. The molecule has 3 N–H and O–H groups in total. The molecule has 0 aliphatic heterocycles. The molecule has 0 aliphatic rings. The highest BCUT2D eigenvalue weighted by Crippen LogP contribution is 2.25. The van der Waals surface area contributed by atoms with Gasteiger partial charge in [0.15, 0.2) is 0 Å². The van der Waals surface area contributed by atoms with Crippen LogP contribution in [-0.4, -0.2) is 22.4 Å². The first-order valence-corrected chi connectivity index (χ1v) is 8.06. The molecule has 1 aromatic heterocycles. The van der Waals surface area contributed by atoms with Crippen molar-refractivity contribution in [3.8, 4) is 0 Å². The molecule has 0 saturated heterocycles. The fraction of sp³-hybridized carbons (Fsp3) is 0.333. The average molecular weight is 334 g/mol. The van der Waals surface area contributed by atoms with Crippen molar-refractivity contribution in [1.82, 2.24) is 4.98 Å². The zero-order chi connectivity index (χ0) is 16.8. The number of carbonyl (C=O) groups is 1. The smallest absolute Gasteiger partial charge is 0.293 e. The molecule has 1 heterocycles. The summed E-state index contributed by atoms with van der Waals surface area (Å²) in [6.07, 6.45) is 1.74. The predicted octanol–water partition coefficient (Wildman–Crippen LogP) is 2.43. The van der Waals surface area contributed by atoms with Crippen LogP contribution < -0.4 is 11.1 Å². The molecule has 0 radical (unpaired) electrons. The molecule has 7 nitrogen and oxygen atoms in total. The maximum atomic E-state index is 12.1. The Kier molecular flexibility index (Phi) is 5.78. The molecule has 0 fully saturated rings. The first-order chi connectivity index (χ1) is 11.0. The first kappa shape index (κ1) is 17.0. The van der Waals surface area contributed by atoms with E-state index in [9.17, 15) is 14.9 Å². The highest BCUT2D eigenvalue weighted by Gasteiger charge is 2.16. The van der Waals surface area contributed by atoms with Gasteiger partial charge in [0.05, 0.1) is 22.0 Å². The highest BCUT2D eigenvalue weighted by atomic mass is 32.1. The van der Waals surface area contributed by atoms with Crippen molar-refractivity contribution in [2.75, 3.05) is 11.9 Å². The van der Waals surface area contributed by atoms with Gasteiger partial charge < -0.3 is 11.1 Å². The van der Waals surface area contributed by atoms with Gasteiger partial charge in [-0.3, -0.25) is 14.9 Å². The number of nitrogens with two attached hydrogens (primary N) is 1. The molecule has 8 heteroatoms. The van der Waals surface area contributed by atoms with Gasteiger partial charge >= 0.3 is 0 Å².